The van der Waals surface area contributed by atoms with Gasteiger partial charge >= 0.3 is 0 Å². The van der Waals surface area contributed by atoms with Crippen LogP contribution in [0.5, 0.6) is 5.75 Å². The van der Waals surface area contributed by atoms with Crippen LogP contribution in [-0.4, -0.2) is 24.7 Å². The summed E-state index contributed by atoms with van der Waals surface area (Å²) in [6.07, 6.45) is 0.291. The fraction of sp³-hybridized carbons (Fsp3) is 0.231. The van der Waals surface area contributed by atoms with Gasteiger partial charge in [0.05, 0.1) is 19.3 Å². The summed E-state index contributed by atoms with van der Waals surface area (Å²) in [7, 11) is 1.62. The third-order valence-corrected chi connectivity index (χ3v) is 6.92. The summed E-state index contributed by atoms with van der Waals surface area (Å²) in [5.41, 5.74) is 5.94. The average Bonchev–Trinajstić information content (AvgIpc) is 3.18. The van der Waals surface area contributed by atoms with Crippen LogP contribution in [0.1, 0.15) is 27.6 Å². The molecule has 1 unspecified atom stereocenters. The highest BCUT2D eigenvalue weighted by molar-refractivity contribution is 8.00. The Kier molecular flexibility index (Phi) is 6.51. The fourth-order valence-corrected chi connectivity index (χ4v) is 4.96. The van der Waals surface area contributed by atoms with Crippen LogP contribution in [0, 0.1) is 13.8 Å². The van der Waals surface area contributed by atoms with Crippen molar-refractivity contribution in [3.05, 3.63) is 89.0 Å². The van der Waals surface area contributed by atoms with Crippen molar-refractivity contribution >= 4 is 35.0 Å². The highest BCUT2D eigenvalue weighted by Gasteiger charge is 2.34. The van der Waals surface area contributed by atoms with E-state index in [2.05, 4.69) is 25.2 Å². The lowest BCUT2D eigenvalue weighted by Gasteiger charge is -2.26. The molecule has 6 heteroatoms. The molecule has 1 atom stereocenters. The monoisotopic (exact) mass is 446 g/mol. The molecule has 0 saturated carbocycles. The standard InChI is InChI=1S/C26H26N2O3S/c1-17-5-4-6-23(18(17)2)28-25(30)16-32-26(28)20-9-11-21(12-10-20)27-24(29)15-19-7-13-22(31-3)14-8-19/h4-14,26H,15-16H2,1-3H3,(H,27,29). The number of nitrogens with zero attached hydrogens (tertiary/aromatic N) is 1. The van der Waals surface area contributed by atoms with E-state index in [9.17, 15) is 9.59 Å². The molecule has 1 aliphatic rings. The van der Waals surface area contributed by atoms with Crippen LogP contribution in [0.4, 0.5) is 11.4 Å². The molecule has 1 aliphatic heterocycles. The third-order valence-electron chi connectivity index (χ3n) is 5.71. The van der Waals surface area contributed by atoms with E-state index in [0.717, 1.165) is 33.8 Å². The van der Waals surface area contributed by atoms with Gasteiger partial charge in [0.25, 0.3) is 0 Å². The van der Waals surface area contributed by atoms with Gasteiger partial charge in [-0.15, -0.1) is 11.8 Å². The van der Waals surface area contributed by atoms with E-state index >= 15 is 0 Å². The van der Waals surface area contributed by atoms with Crippen LogP contribution in [0.3, 0.4) is 0 Å². The van der Waals surface area contributed by atoms with E-state index in [-0.39, 0.29) is 17.2 Å². The number of anilines is 2. The van der Waals surface area contributed by atoms with Crippen molar-refractivity contribution in [2.75, 3.05) is 23.1 Å². The minimum absolute atomic E-state index is 0.0768. The number of carbonyl (C=O) groups excluding carboxylic acids is 2. The first-order valence-corrected chi connectivity index (χ1v) is 11.5. The molecule has 5 nitrogen and oxygen atoms in total. The summed E-state index contributed by atoms with van der Waals surface area (Å²) in [5.74, 6) is 1.26. The van der Waals surface area contributed by atoms with E-state index < -0.39 is 0 Å². The van der Waals surface area contributed by atoms with Gasteiger partial charge in [0.1, 0.15) is 11.1 Å². The van der Waals surface area contributed by atoms with Crippen LogP contribution in [0.25, 0.3) is 0 Å². The average molecular weight is 447 g/mol. The Hall–Kier alpha value is -3.25. The zero-order chi connectivity index (χ0) is 22.7. The van der Waals surface area contributed by atoms with Gasteiger partial charge in [-0.1, -0.05) is 36.4 Å². The number of carbonyl (C=O) groups is 2. The molecule has 3 aromatic carbocycles. The molecular weight excluding hydrogens is 420 g/mol. The first-order valence-electron chi connectivity index (χ1n) is 10.5. The van der Waals surface area contributed by atoms with Gasteiger partial charge in [-0.05, 0) is 66.4 Å². The molecule has 1 N–H and O–H groups in total. The third kappa shape index (κ3) is 4.65. The quantitative estimate of drug-likeness (QED) is 0.560. The molecule has 0 radical (unpaired) electrons. The molecule has 0 spiro atoms. The van der Waals surface area contributed by atoms with Gasteiger partial charge in [0, 0.05) is 11.4 Å². The Morgan fingerprint density at radius 2 is 1.78 bits per heavy atom. The first kappa shape index (κ1) is 22.0. The second kappa shape index (κ2) is 9.49. The maximum atomic E-state index is 12.7. The Balaban J connectivity index is 1.46. The van der Waals surface area contributed by atoms with Crippen molar-refractivity contribution in [3.8, 4) is 5.75 Å². The molecule has 1 heterocycles. The molecule has 1 saturated heterocycles. The Bertz CT molecular complexity index is 1130. The van der Waals surface area contributed by atoms with Crippen LogP contribution < -0.4 is 15.0 Å². The van der Waals surface area contributed by atoms with E-state index in [1.165, 1.54) is 5.56 Å². The maximum absolute atomic E-state index is 12.7. The largest absolute Gasteiger partial charge is 0.497 e. The number of aryl methyl sites for hydroxylation is 1. The molecule has 32 heavy (non-hydrogen) atoms. The van der Waals surface area contributed by atoms with Gasteiger partial charge in [-0.25, -0.2) is 0 Å². The van der Waals surface area contributed by atoms with Crippen molar-refractivity contribution in [1.29, 1.82) is 0 Å². The first-order chi connectivity index (χ1) is 15.5. The van der Waals surface area contributed by atoms with Crippen LogP contribution >= 0.6 is 11.8 Å². The predicted molar refractivity (Wildman–Crippen MR) is 130 cm³/mol. The van der Waals surface area contributed by atoms with Gasteiger partial charge in [0.2, 0.25) is 11.8 Å². The fourth-order valence-electron chi connectivity index (χ4n) is 3.79. The second-order valence-electron chi connectivity index (χ2n) is 7.84. The molecule has 0 aliphatic carbocycles. The van der Waals surface area contributed by atoms with E-state index in [4.69, 9.17) is 4.74 Å². The lowest BCUT2D eigenvalue weighted by atomic mass is 10.1. The normalized spacial score (nSPS) is 15.7. The number of rotatable bonds is 6. The van der Waals surface area contributed by atoms with Crippen molar-refractivity contribution in [1.82, 2.24) is 0 Å². The molecule has 3 aromatic rings. The minimum Gasteiger partial charge on any atom is -0.497 e. The number of hydrogen-bond acceptors (Lipinski definition) is 4. The van der Waals surface area contributed by atoms with Crippen molar-refractivity contribution < 1.29 is 14.3 Å². The zero-order valence-electron chi connectivity index (χ0n) is 18.4. The Morgan fingerprint density at radius 3 is 2.47 bits per heavy atom. The van der Waals surface area contributed by atoms with E-state index in [1.807, 2.05) is 65.6 Å². The number of methoxy groups -OCH3 is 1. The Labute approximate surface area is 192 Å². The summed E-state index contributed by atoms with van der Waals surface area (Å²) in [4.78, 5) is 27.0. The lowest BCUT2D eigenvalue weighted by Crippen LogP contribution is -2.28. The van der Waals surface area contributed by atoms with Crippen molar-refractivity contribution in [3.63, 3.8) is 0 Å². The molecular formula is C26H26N2O3S. The summed E-state index contributed by atoms with van der Waals surface area (Å²) in [6.45, 7) is 4.12. The van der Waals surface area contributed by atoms with E-state index in [1.54, 1.807) is 18.9 Å². The second-order valence-corrected chi connectivity index (χ2v) is 8.91. The molecule has 0 aromatic heterocycles. The smallest absolute Gasteiger partial charge is 0.238 e. The zero-order valence-corrected chi connectivity index (χ0v) is 19.2. The van der Waals surface area contributed by atoms with Crippen LogP contribution in [0.15, 0.2) is 66.7 Å². The van der Waals surface area contributed by atoms with Crippen molar-refractivity contribution in [2.45, 2.75) is 25.6 Å². The maximum Gasteiger partial charge on any atom is 0.238 e. The number of nitrogens with one attached hydrogen (secondary N) is 1. The topological polar surface area (TPSA) is 58.6 Å². The van der Waals surface area contributed by atoms with Gasteiger partial charge in [-0.3, -0.25) is 14.5 Å². The molecule has 2 amide bonds. The molecule has 164 valence electrons. The highest BCUT2D eigenvalue weighted by Crippen LogP contribution is 2.43. The van der Waals surface area contributed by atoms with E-state index in [0.29, 0.717) is 12.2 Å². The summed E-state index contributed by atoms with van der Waals surface area (Å²) >= 11 is 1.62. The SMILES string of the molecule is COc1ccc(CC(=O)Nc2ccc(C3SCC(=O)N3c3cccc(C)c3C)cc2)cc1. The molecule has 0 bridgehead atoms. The molecule has 4 rings (SSSR count). The van der Waals surface area contributed by atoms with Gasteiger partial charge < -0.3 is 10.1 Å². The number of hydrogen-bond donors (Lipinski definition) is 1. The summed E-state index contributed by atoms with van der Waals surface area (Å²) in [6, 6.07) is 21.3. The predicted octanol–water partition coefficient (Wildman–Crippen LogP) is 5.27. The highest BCUT2D eigenvalue weighted by atomic mass is 32.2. The molecule has 1 fully saturated rings. The number of benzene rings is 3. The van der Waals surface area contributed by atoms with Gasteiger partial charge in [0.15, 0.2) is 0 Å². The van der Waals surface area contributed by atoms with Gasteiger partial charge in [-0.2, -0.15) is 0 Å². The van der Waals surface area contributed by atoms with Crippen LogP contribution in [0.2, 0.25) is 0 Å². The Morgan fingerprint density at radius 1 is 1.06 bits per heavy atom. The van der Waals surface area contributed by atoms with Crippen LogP contribution in [-0.2, 0) is 16.0 Å². The lowest BCUT2D eigenvalue weighted by molar-refractivity contribution is -0.116. The summed E-state index contributed by atoms with van der Waals surface area (Å²) < 4.78 is 5.15. The number of ether oxygens (including phenoxy) is 1. The minimum atomic E-state index is -0.0784. The van der Waals surface area contributed by atoms with Crippen molar-refractivity contribution in [2.24, 2.45) is 0 Å². The summed E-state index contributed by atoms with van der Waals surface area (Å²) in [5, 5.41) is 2.87. The number of amides is 2. The number of thioether (sulfide) groups is 1.